The van der Waals surface area contributed by atoms with E-state index in [4.69, 9.17) is 16.9 Å². The molecule has 0 bridgehead atoms. The van der Waals surface area contributed by atoms with Crippen LogP contribution in [0.5, 0.6) is 0 Å². The molecule has 3 nitrogen and oxygen atoms in total. The number of nitriles is 1. The minimum absolute atomic E-state index is 0.287. The lowest BCUT2D eigenvalue weighted by Gasteiger charge is -2.11. The van der Waals surface area contributed by atoms with Crippen molar-refractivity contribution in [3.8, 4) is 6.07 Å². The van der Waals surface area contributed by atoms with Crippen LogP contribution in [0.2, 0.25) is 5.02 Å². The van der Waals surface area contributed by atoms with Crippen LogP contribution in [0.3, 0.4) is 0 Å². The molecule has 0 saturated heterocycles. The summed E-state index contributed by atoms with van der Waals surface area (Å²) < 4.78 is 0. The second-order valence-electron chi connectivity index (χ2n) is 3.58. The molecule has 86 valence electrons. The molecule has 0 amide bonds. The highest BCUT2D eigenvalue weighted by molar-refractivity contribution is 6.30. The lowest BCUT2D eigenvalue weighted by atomic mass is 10.1. The van der Waals surface area contributed by atoms with Crippen LogP contribution in [-0.2, 0) is 0 Å². The van der Waals surface area contributed by atoms with E-state index in [1.807, 2.05) is 6.92 Å². The zero-order valence-electron chi connectivity index (χ0n) is 9.20. The van der Waals surface area contributed by atoms with E-state index in [1.54, 1.807) is 18.2 Å². The molecule has 1 aromatic rings. The number of hydrogen-bond acceptors (Lipinski definition) is 3. The zero-order valence-corrected chi connectivity index (χ0v) is 9.96. The van der Waals surface area contributed by atoms with Crippen molar-refractivity contribution < 1.29 is 5.11 Å². The number of nitrogens with zero attached hydrogens (tertiary/aromatic N) is 1. The molecular weight excluding hydrogens is 224 g/mol. The number of anilines is 1. The van der Waals surface area contributed by atoms with Gasteiger partial charge in [-0.3, -0.25) is 0 Å². The average Bonchev–Trinajstić information content (AvgIpc) is 2.30. The summed E-state index contributed by atoms with van der Waals surface area (Å²) in [6, 6.07) is 7.22. The summed E-state index contributed by atoms with van der Waals surface area (Å²) in [5, 5.41) is 21.9. The van der Waals surface area contributed by atoms with Gasteiger partial charge in [0, 0.05) is 11.6 Å². The van der Waals surface area contributed by atoms with Gasteiger partial charge >= 0.3 is 0 Å². The average molecular weight is 239 g/mol. The van der Waals surface area contributed by atoms with Gasteiger partial charge in [-0.05, 0) is 31.0 Å². The van der Waals surface area contributed by atoms with Crippen molar-refractivity contribution >= 4 is 17.3 Å². The van der Waals surface area contributed by atoms with Crippen LogP contribution >= 0.6 is 11.6 Å². The first-order valence-corrected chi connectivity index (χ1v) is 5.66. The molecule has 2 N–H and O–H groups in total. The molecule has 1 atom stereocenters. The molecule has 4 heteroatoms. The maximum absolute atomic E-state index is 9.38. The molecule has 1 unspecified atom stereocenters. The number of aliphatic hydroxyl groups is 1. The third-order valence-corrected chi connectivity index (χ3v) is 2.60. The lowest BCUT2D eigenvalue weighted by Crippen LogP contribution is -2.12. The topological polar surface area (TPSA) is 56.0 Å². The van der Waals surface area contributed by atoms with Crippen LogP contribution in [0, 0.1) is 11.3 Å². The van der Waals surface area contributed by atoms with E-state index in [1.165, 1.54) is 0 Å². The number of nitrogens with one attached hydrogen (secondary N) is 1. The molecule has 1 rings (SSSR count). The minimum Gasteiger partial charge on any atom is -0.393 e. The maximum Gasteiger partial charge on any atom is 0.101 e. The van der Waals surface area contributed by atoms with Gasteiger partial charge in [-0.15, -0.1) is 0 Å². The van der Waals surface area contributed by atoms with Gasteiger partial charge in [0.05, 0.1) is 17.4 Å². The summed E-state index contributed by atoms with van der Waals surface area (Å²) in [7, 11) is 0. The number of benzene rings is 1. The Bertz CT molecular complexity index is 387. The first kappa shape index (κ1) is 12.8. The summed E-state index contributed by atoms with van der Waals surface area (Å²) >= 11 is 5.78. The second-order valence-corrected chi connectivity index (χ2v) is 4.02. The Morgan fingerprint density at radius 2 is 2.31 bits per heavy atom. The third kappa shape index (κ3) is 3.73. The molecule has 0 aliphatic carbocycles. The fraction of sp³-hybridized carbons (Fsp3) is 0.417. The third-order valence-electron chi connectivity index (χ3n) is 2.37. The molecule has 0 spiro atoms. The minimum atomic E-state index is -0.287. The smallest absolute Gasteiger partial charge is 0.101 e. The summed E-state index contributed by atoms with van der Waals surface area (Å²) in [6.07, 6.45) is 1.13. The van der Waals surface area contributed by atoms with Crippen molar-refractivity contribution in [3.05, 3.63) is 28.8 Å². The molecule has 0 radical (unpaired) electrons. The van der Waals surface area contributed by atoms with E-state index >= 15 is 0 Å². The predicted octanol–water partition coefficient (Wildman–Crippen LogP) is 2.78. The first-order valence-electron chi connectivity index (χ1n) is 5.29. The van der Waals surface area contributed by atoms with E-state index in [2.05, 4.69) is 11.4 Å². The van der Waals surface area contributed by atoms with Crippen molar-refractivity contribution in [2.75, 3.05) is 11.9 Å². The SMILES string of the molecule is CCC(O)CCNc1ccc(Cl)cc1C#N. The van der Waals surface area contributed by atoms with Crippen LogP contribution in [0.1, 0.15) is 25.3 Å². The molecule has 1 aromatic carbocycles. The van der Waals surface area contributed by atoms with E-state index in [-0.39, 0.29) is 6.10 Å². The molecule has 0 heterocycles. The maximum atomic E-state index is 9.38. The van der Waals surface area contributed by atoms with Gasteiger partial charge in [-0.2, -0.15) is 5.26 Å². The summed E-state index contributed by atoms with van der Waals surface area (Å²) in [5.41, 5.74) is 1.29. The van der Waals surface area contributed by atoms with Crippen LogP contribution in [0.15, 0.2) is 18.2 Å². The second kappa shape index (κ2) is 6.37. The normalized spacial score (nSPS) is 11.9. The Hall–Kier alpha value is -1.24. The highest BCUT2D eigenvalue weighted by atomic mass is 35.5. The zero-order chi connectivity index (χ0) is 12.0. The Kier molecular flexibility index (Phi) is 5.10. The van der Waals surface area contributed by atoms with E-state index in [0.29, 0.717) is 23.6 Å². The van der Waals surface area contributed by atoms with Gasteiger partial charge in [0.15, 0.2) is 0 Å². The molecule has 0 aliphatic rings. The number of hydrogen-bond donors (Lipinski definition) is 2. The molecule has 0 aromatic heterocycles. The highest BCUT2D eigenvalue weighted by Gasteiger charge is 2.04. The van der Waals surface area contributed by atoms with Gasteiger partial charge in [-0.25, -0.2) is 0 Å². The number of aliphatic hydroxyl groups excluding tert-OH is 1. The Labute approximate surface area is 101 Å². The summed E-state index contributed by atoms with van der Waals surface area (Å²) in [4.78, 5) is 0. The van der Waals surface area contributed by atoms with Gasteiger partial charge < -0.3 is 10.4 Å². The molecule has 0 saturated carbocycles. The fourth-order valence-electron chi connectivity index (χ4n) is 1.34. The fourth-order valence-corrected chi connectivity index (χ4v) is 1.51. The van der Waals surface area contributed by atoms with E-state index in [0.717, 1.165) is 12.1 Å². The Balaban J connectivity index is 2.57. The first-order chi connectivity index (χ1) is 7.67. The quantitative estimate of drug-likeness (QED) is 0.830. The number of rotatable bonds is 5. The lowest BCUT2D eigenvalue weighted by molar-refractivity contribution is 0.164. The van der Waals surface area contributed by atoms with Crippen LogP contribution in [0.25, 0.3) is 0 Å². The summed E-state index contributed by atoms with van der Waals surface area (Å²) in [6.45, 7) is 2.58. The van der Waals surface area contributed by atoms with Crippen molar-refractivity contribution in [1.82, 2.24) is 0 Å². The number of halogens is 1. The van der Waals surface area contributed by atoms with Crippen molar-refractivity contribution in [3.63, 3.8) is 0 Å². The highest BCUT2D eigenvalue weighted by Crippen LogP contribution is 2.19. The Morgan fingerprint density at radius 1 is 1.56 bits per heavy atom. The molecular formula is C12H15ClN2O. The van der Waals surface area contributed by atoms with Crippen molar-refractivity contribution in [2.24, 2.45) is 0 Å². The van der Waals surface area contributed by atoms with Crippen LogP contribution in [0.4, 0.5) is 5.69 Å². The van der Waals surface area contributed by atoms with Gasteiger partial charge in [0.25, 0.3) is 0 Å². The molecule has 0 aliphatic heterocycles. The largest absolute Gasteiger partial charge is 0.393 e. The standard InChI is InChI=1S/C12H15ClN2O/c1-2-11(16)5-6-15-12-4-3-10(13)7-9(12)8-14/h3-4,7,11,15-16H,2,5-6H2,1H3. The van der Waals surface area contributed by atoms with Crippen molar-refractivity contribution in [1.29, 1.82) is 5.26 Å². The van der Waals surface area contributed by atoms with Crippen LogP contribution < -0.4 is 5.32 Å². The van der Waals surface area contributed by atoms with Gasteiger partial charge in [0.1, 0.15) is 6.07 Å². The molecule has 0 fully saturated rings. The van der Waals surface area contributed by atoms with Gasteiger partial charge in [0.2, 0.25) is 0 Å². The summed E-state index contributed by atoms with van der Waals surface area (Å²) in [5.74, 6) is 0. The monoisotopic (exact) mass is 238 g/mol. The van der Waals surface area contributed by atoms with E-state index in [9.17, 15) is 5.11 Å². The van der Waals surface area contributed by atoms with Crippen LogP contribution in [-0.4, -0.2) is 17.8 Å². The van der Waals surface area contributed by atoms with Gasteiger partial charge in [-0.1, -0.05) is 18.5 Å². The Morgan fingerprint density at radius 3 is 2.94 bits per heavy atom. The molecule has 16 heavy (non-hydrogen) atoms. The van der Waals surface area contributed by atoms with Crippen molar-refractivity contribution in [2.45, 2.75) is 25.9 Å². The predicted molar refractivity (Wildman–Crippen MR) is 65.6 cm³/mol. The van der Waals surface area contributed by atoms with E-state index < -0.39 is 0 Å².